The zero-order valence-corrected chi connectivity index (χ0v) is 20.8. The minimum absolute atomic E-state index is 0.217. The highest BCUT2D eigenvalue weighted by Gasteiger charge is 2.36. The minimum Gasteiger partial charge on any atom is -0.491 e. The second-order valence-corrected chi connectivity index (χ2v) is 10.7. The summed E-state index contributed by atoms with van der Waals surface area (Å²) in [6.07, 6.45) is 0. The van der Waals surface area contributed by atoms with Gasteiger partial charge in [0.2, 0.25) is 5.91 Å². The van der Waals surface area contributed by atoms with E-state index in [1.807, 2.05) is 56.3 Å². The summed E-state index contributed by atoms with van der Waals surface area (Å²) in [6.45, 7) is 8.45. The van der Waals surface area contributed by atoms with Gasteiger partial charge in [-0.05, 0) is 55.2 Å². The fourth-order valence-corrected chi connectivity index (χ4v) is 5.83. The van der Waals surface area contributed by atoms with Gasteiger partial charge >= 0.3 is 0 Å². The summed E-state index contributed by atoms with van der Waals surface area (Å²) in [4.78, 5) is 13.0. The maximum atomic E-state index is 13.4. The average Bonchev–Trinajstić information content (AvgIpc) is 2.80. The number of fused-ring (bicyclic) bond motifs is 3. The summed E-state index contributed by atoms with van der Waals surface area (Å²) in [5.41, 5.74) is 5.30. The Labute approximate surface area is 201 Å². The van der Waals surface area contributed by atoms with Crippen molar-refractivity contribution < 1.29 is 17.9 Å². The van der Waals surface area contributed by atoms with Gasteiger partial charge in [0, 0.05) is 11.1 Å². The maximum Gasteiger partial charge on any atom is 0.265 e. The van der Waals surface area contributed by atoms with Gasteiger partial charge in [-0.15, -0.1) is 0 Å². The van der Waals surface area contributed by atoms with Gasteiger partial charge in [0.1, 0.15) is 18.9 Å². The number of benzene rings is 3. The van der Waals surface area contributed by atoms with Gasteiger partial charge < -0.3 is 10.1 Å². The molecule has 3 aromatic carbocycles. The first-order valence-electron chi connectivity index (χ1n) is 11.4. The molecule has 0 saturated heterocycles. The number of carbonyl (C=O) groups excluding carboxylic acids is 1. The third-order valence-electron chi connectivity index (χ3n) is 6.00. The van der Waals surface area contributed by atoms with Crippen LogP contribution in [0.4, 0.5) is 5.69 Å². The highest BCUT2D eigenvalue weighted by atomic mass is 32.2. The van der Waals surface area contributed by atoms with Crippen molar-refractivity contribution in [2.45, 2.75) is 38.5 Å². The predicted molar refractivity (Wildman–Crippen MR) is 135 cm³/mol. The van der Waals surface area contributed by atoms with Crippen LogP contribution < -0.4 is 14.4 Å². The Hall–Kier alpha value is -3.32. The van der Waals surface area contributed by atoms with Gasteiger partial charge in [0.05, 0.1) is 17.1 Å². The zero-order valence-electron chi connectivity index (χ0n) is 20.0. The van der Waals surface area contributed by atoms with Crippen LogP contribution in [0, 0.1) is 13.8 Å². The number of amides is 1. The molecular formula is C27H30N2O4S. The quantitative estimate of drug-likeness (QED) is 0.495. The summed E-state index contributed by atoms with van der Waals surface area (Å²) in [5, 5.41) is 2.78. The van der Waals surface area contributed by atoms with Crippen molar-refractivity contribution >= 4 is 21.6 Å². The Bertz CT molecular complexity index is 1330. The molecule has 1 aliphatic heterocycles. The number of nitrogens with one attached hydrogen (secondary N) is 1. The molecule has 0 bridgehead atoms. The Morgan fingerprint density at radius 3 is 2.50 bits per heavy atom. The van der Waals surface area contributed by atoms with E-state index in [-0.39, 0.29) is 23.9 Å². The zero-order chi connectivity index (χ0) is 24.5. The number of rotatable bonds is 7. The molecule has 3 aromatic rings. The van der Waals surface area contributed by atoms with Gasteiger partial charge in [-0.25, -0.2) is 8.42 Å². The molecule has 7 heteroatoms. The van der Waals surface area contributed by atoms with Crippen LogP contribution in [0.25, 0.3) is 11.1 Å². The van der Waals surface area contributed by atoms with Crippen LogP contribution in [-0.4, -0.2) is 34.0 Å². The molecule has 1 N–H and O–H groups in total. The third-order valence-corrected chi connectivity index (χ3v) is 7.82. The van der Waals surface area contributed by atoms with Gasteiger partial charge in [-0.3, -0.25) is 9.10 Å². The van der Waals surface area contributed by atoms with E-state index in [0.717, 1.165) is 28.0 Å². The Morgan fingerprint density at radius 1 is 1.00 bits per heavy atom. The van der Waals surface area contributed by atoms with E-state index >= 15 is 0 Å². The lowest BCUT2D eigenvalue weighted by atomic mass is 9.95. The summed E-state index contributed by atoms with van der Waals surface area (Å²) in [5.74, 6) is 0.681. The Kier molecular flexibility index (Phi) is 6.66. The number of anilines is 1. The standard InChI is InChI=1S/C27H30N2O4S/c1-18(2)21-10-11-24-23(16-21)22-7-5-6-8-26(22)34(31,32)29(24)17-27(30)28-13-14-33-25-12-9-19(3)15-20(25)4/h5-12,15-16,18H,13-14,17H2,1-4H3,(H,28,30). The topological polar surface area (TPSA) is 75.7 Å². The van der Waals surface area contributed by atoms with E-state index in [1.165, 1.54) is 4.31 Å². The van der Waals surface area contributed by atoms with Crippen LogP contribution >= 0.6 is 0 Å². The van der Waals surface area contributed by atoms with Crippen LogP contribution in [0.1, 0.15) is 36.5 Å². The third kappa shape index (κ3) is 4.66. The molecule has 34 heavy (non-hydrogen) atoms. The van der Waals surface area contributed by atoms with Crippen molar-refractivity contribution in [3.8, 4) is 16.9 Å². The fraction of sp³-hybridized carbons (Fsp3) is 0.296. The van der Waals surface area contributed by atoms with Crippen LogP contribution in [0.15, 0.2) is 65.6 Å². The van der Waals surface area contributed by atoms with Crippen molar-refractivity contribution in [2.75, 3.05) is 24.0 Å². The SMILES string of the molecule is Cc1ccc(OCCNC(=O)CN2c3ccc(C(C)C)cc3-c3ccccc3S2(=O)=O)c(C)c1. The lowest BCUT2D eigenvalue weighted by Gasteiger charge is -2.32. The molecule has 1 heterocycles. The molecular weight excluding hydrogens is 448 g/mol. The lowest BCUT2D eigenvalue weighted by molar-refractivity contribution is -0.119. The van der Waals surface area contributed by atoms with Crippen molar-refractivity contribution in [1.82, 2.24) is 5.32 Å². The molecule has 0 radical (unpaired) electrons. The normalized spacial score (nSPS) is 13.9. The second kappa shape index (κ2) is 9.50. The molecule has 0 spiro atoms. The van der Waals surface area contributed by atoms with E-state index in [2.05, 4.69) is 19.2 Å². The molecule has 1 amide bonds. The number of ether oxygens (including phenoxy) is 1. The van der Waals surface area contributed by atoms with Crippen LogP contribution in [0.2, 0.25) is 0 Å². The summed E-state index contributed by atoms with van der Waals surface area (Å²) in [6, 6.07) is 18.6. The highest BCUT2D eigenvalue weighted by Crippen LogP contribution is 2.43. The lowest BCUT2D eigenvalue weighted by Crippen LogP contribution is -2.43. The van der Waals surface area contributed by atoms with E-state index < -0.39 is 10.0 Å². The Morgan fingerprint density at radius 2 is 1.76 bits per heavy atom. The van der Waals surface area contributed by atoms with Gasteiger partial charge in [-0.1, -0.05) is 55.8 Å². The molecule has 178 valence electrons. The number of aryl methyl sites for hydroxylation is 2. The van der Waals surface area contributed by atoms with Crippen LogP contribution in [0.3, 0.4) is 0 Å². The highest BCUT2D eigenvalue weighted by molar-refractivity contribution is 7.93. The molecule has 0 atom stereocenters. The summed E-state index contributed by atoms with van der Waals surface area (Å²) in [7, 11) is -3.87. The first kappa shape index (κ1) is 23.8. The molecule has 0 unspecified atom stereocenters. The maximum absolute atomic E-state index is 13.4. The molecule has 0 aromatic heterocycles. The van der Waals surface area contributed by atoms with Crippen LogP contribution in [0.5, 0.6) is 5.75 Å². The predicted octanol–water partition coefficient (Wildman–Crippen LogP) is 4.80. The van der Waals surface area contributed by atoms with Crippen molar-refractivity contribution in [2.24, 2.45) is 0 Å². The molecule has 4 rings (SSSR count). The fourth-order valence-electron chi connectivity index (χ4n) is 4.18. The number of nitrogens with zero attached hydrogens (tertiary/aromatic N) is 1. The molecule has 1 aliphatic rings. The summed E-state index contributed by atoms with van der Waals surface area (Å²) < 4.78 is 33.8. The monoisotopic (exact) mass is 478 g/mol. The van der Waals surface area contributed by atoms with E-state index in [9.17, 15) is 13.2 Å². The van der Waals surface area contributed by atoms with E-state index in [1.54, 1.807) is 18.2 Å². The van der Waals surface area contributed by atoms with E-state index in [4.69, 9.17) is 4.74 Å². The molecule has 6 nitrogen and oxygen atoms in total. The number of hydrogen-bond donors (Lipinski definition) is 1. The number of carbonyl (C=O) groups is 1. The average molecular weight is 479 g/mol. The number of sulfonamides is 1. The first-order valence-corrected chi connectivity index (χ1v) is 12.9. The molecule has 0 saturated carbocycles. The number of hydrogen-bond acceptors (Lipinski definition) is 4. The largest absolute Gasteiger partial charge is 0.491 e. The molecule has 0 aliphatic carbocycles. The van der Waals surface area contributed by atoms with Crippen molar-refractivity contribution in [3.05, 3.63) is 77.4 Å². The smallest absolute Gasteiger partial charge is 0.265 e. The van der Waals surface area contributed by atoms with Gasteiger partial charge in [0.15, 0.2) is 0 Å². The van der Waals surface area contributed by atoms with Gasteiger partial charge in [0.25, 0.3) is 10.0 Å². The first-order chi connectivity index (χ1) is 16.2. The second-order valence-electron chi connectivity index (χ2n) is 8.91. The van der Waals surface area contributed by atoms with E-state index in [0.29, 0.717) is 23.8 Å². The summed E-state index contributed by atoms with van der Waals surface area (Å²) >= 11 is 0. The van der Waals surface area contributed by atoms with Crippen molar-refractivity contribution in [1.29, 1.82) is 0 Å². The minimum atomic E-state index is -3.87. The van der Waals surface area contributed by atoms with Crippen molar-refractivity contribution in [3.63, 3.8) is 0 Å². The molecule has 0 fully saturated rings. The van der Waals surface area contributed by atoms with Gasteiger partial charge in [-0.2, -0.15) is 0 Å². The van der Waals surface area contributed by atoms with Crippen LogP contribution in [-0.2, 0) is 14.8 Å². The Balaban J connectivity index is 1.50.